The van der Waals surface area contributed by atoms with E-state index in [0.717, 1.165) is 12.2 Å². The van der Waals surface area contributed by atoms with E-state index in [0.29, 0.717) is 0 Å². The molecule has 0 aliphatic carbocycles. The first-order chi connectivity index (χ1) is 4.06. The summed E-state index contributed by atoms with van der Waals surface area (Å²) in [6.45, 7) is 3.89. The fourth-order valence-corrected chi connectivity index (χ4v) is 3.21. The molecule has 0 aliphatic rings. The van der Waals surface area contributed by atoms with Gasteiger partial charge in [-0.05, 0) is 13.1 Å². The van der Waals surface area contributed by atoms with Crippen LogP contribution in [0, 0.1) is 0 Å². The number of hydrogen-bond donors (Lipinski definition) is 1. The summed E-state index contributed by atoms with van der Waals surface area (Å²) in [5.41, 5.74) is -1.95. The molecule has 9 heavy (non-hydrogen) atoms. The topological polar surface area (TPSA) is 20.2 Å². The van der Waals surface area contributed by atoms with Gasteiger partial charge in [0.25, 0.3) is 0 Å². The molecule has 1 nitrogen and oxygen atoms in total. The fraction of sp³-hybridized carbons (Fsp3) is 1.00. The highest BCUT2D eigenvalue weighted by Gasteiger charge is 2.02. The molecule has 0 bridgehead atoms. The molecular formula is C5H13OPS2. The van der Waals surface area contributed by atoms with Crippen molar-refractivity contribution in [1.82, 2.24) is 0 Å². The van der Waals surface area contributed by atoms with E-state index in [-0.39, 0.29) is 0 Å². The van der Waals surface area contributed by atoms with Gasteiger partial charge in [0.1, 0.15) is 5.47 Å². The molecule has 0 radical (unpaired) electrons. The summed E-state index contributed by atoms with van der Waals surface area (Å²) in [5, 5.41) is 0. The molecular weight excluding hydrogens is 171 g/mol. The maximum atomic E-state index is 9.13. The van der Waals surface area contributed by atoms with Crippen molar-refractivity contribution in [2.75, 3.05) is 12.4 Å². The van der Waals surface area contributed by atoms with E-state index in [1.165, 1.54) is 17.8 Å². The van der Waals surface area contributed by atoms with Crippen LogP contribution in [-0.4, -0.2) is 17.3 Å². The Kier molecular flexibility index (Phi) is 5.23. The van der Waals surface area contributed by atoms with Crippen LogP contribution in [0.1, 0.15) is 19.8 Å². The second-order valence-corrected chi connectivity index (χ2v) is 10.00. The summed E-state index contributed by atoms with van der Waals surface area (Å²) in [6, 6.07) is 0. The first kappa shape index (κ1) is 9.96. The van der Waals surface area contributed by atoms with E-state index < -0.39 is 5.47 Å². The summed E-state index contributed by atoms with van der Waals surface area (Å²) < 4.78 is 0. The Morgan fingerprint density at radius 1 is 1.67 bits per heavy atom. The van der Waals surface area contributed by atoms with Gasteiger partial charge in [-0.15, -0.1) is 0 Å². The lowest BCUT2D eigenvalue weighted by atomic mass is 10.4. The van der Waals surface area contributed by atoms with Crippen LogP contribution in [-0.2, 0) is 11.8 Å². The molecule has 4 heteroatoms. The number of unbranched alkanes of at least 4 members (excludes halogenated alkanes) is 1. The van der Waals surface area contributed by atoms with Crippen LogP contribution in [0.25, 0.3) is 0 Å². The minimum absolute atomic E-state index is 1.01. The van der Waals surface area contributed by atoms with Gasteiger partial charge in [0, 0.05) is 5.75 Å². The van der Waals surface area contributed by atoms with Crippen molar-refractivity contribution < 1.29 is 4.89 Å². The van der Waals surface area contributed by atoms with E-state index >= 15 is 0 Å². The monoisotopic (exact) mass is 184 g/mol. The zero-order valence-corrected chi connectivity index (χ0v) is 8.36. The van der Waals surface area contributed by atoms with Gasteiger partial charge in [-0.3, -0.25) is 0 Å². The molecule has 0 saturated heterocycles. The second kappa shape index (κ2) is 4.73. The van der Waals surface area contributed by atoms with Crippen molar-refractivity contribution in [2.24, 2.45) is 0 Å². The van der Waals surface area contributed by atoms with Gasteiger partial charge in [-0.2, -0.15) is 0 Å². The van der Waals surface area contributed by atoms with Crippen LogP contribution in [0.3, 0.4) is 0 Å². The molecule has 0 aliphatic heterocycles. The molecule has 0 heterocycles. The summed E-state index contributed by atoms with van der Waals surface area (Å²) in [7, 11) is 0. The zero-order chi connectivity index (χ0) is 7.33. The molecule has 0 fully saturated rings. The van der Waals surface area contributed by atoms with Crippen LogP contribution in [0.5, 0.6) is 0 Å². The third-order valence-electron chi connectivity index (χ3n) is 0.829. The second-order valence-electron chi connectivity index (χ2n) is 1.99. The largest absolute Gasteiger partial charge is 0.357 e. The molecule has 0 saturated carbocycles. The highest BCUT2D eigenvalue weighted by Crippen LogP contribution is 2.51. The Bertz CT molecular complexity index is 110. The molecule has 1 atom stereocenters. The normalized spacial score (nSPS) is 17.2. The van der Waals surface area contributed by atoms with Crippen LogP contribution in [0.15, 0.2) is 0 Å². The lowest BCUT2D eigenvalue weighted by Gasteiger charge is -2.05. The van der Waals surface area contributed by atoms with E-state index in [1.807, 2.05) is 0 Å². The van der Waals surface area contributed by atoms with Crippen LogP contribution < -0.4 is 0 Å². The Morgan fingerprint density at radius 2 is 2.22 bits per heavy atom. The predicted molar refractivity (Wildman–Crippen MR) is 49.8 cm³/mol. The van der Waals surface area contributed by atoms with E-state index in [4.69, 9.17) is 16.7 Å². The predicted octanol–water partition coefficient (Wildman–Crippen LogP) is 2.45. The van der Waals surface area contributed by atoms with Crippen molar-refractivity contribution in [3.8, 4) is 0 Å². The van der Waals surface area contributed by atoms with Gasteiger partial charge >= 0.3 is 0 Å². The maximum absolute atomic E-state index is 9.13. The molecule has 0 rings (SSSR count). The van der Waals surface area contributed by atoms with Gasteiger partial charge in [0.2, 0.25) is 0 Å². The smallest absolute Gasteiger partial charge is 0.113 e. The van der Waals surface area contributed by atoms with Gasteiger partial charge in [-0.25, -0.2) is 0 Å². The van der Waals surface area contributed by atoms with Crippen molar-refractivity contribution >= 4 is 28.7 Å². The molecule has 0 spiro atoms. The van der Waals surface area contributed by atoms with Crippen LogP contribution >= 0.6 is 16.8 Å². The number of hydrogen-bond acceptors (Lipinski definition) is 2. The molecule has 1 N–H and O–H groups in total. The van der Waals surface area contributed by atoms with E-state index in [1.54, 1.807) is 6.66 Å². The van der Waals surface area contributed by atoms with Gasteiger partial charge in [-0.1, -0.05) is 36.5 Å². The highest BCUT2D eigenvalue weighted by atomic mass is 32.9. The first-order valence-corrected chi connectivity index (χ1v) is 7.80. The standard InChI is InChI=1S/C5H13OPS2/c1-3-4-5-9-7(2,6)8/h3-5H2,1-2H3,(H,6,8). The van der Waals surface area contributed by atoms with Gasteiger partial charge < -0.3 is 4.89 Å². The lowest BCUT2D eigenvalue weighted by Crippen LogP contribution is -1.76. The average molecular weight is 184 g/mol. The summed E-state index contributed by atoms with van der Waals surface area (Å²) >= 11 is 6.37. The maximum Gasteiger partial charge on any atom is 0.113 e. The quantitative estimate of drug-likeness (QED) is 0.535. The molecule has 0 aromatic carbocycles. The highest BCUT2D eigenvalue weighted by molar-refractivity contribution is 8.68. The van der Waals surface area contributed by atoms with Crippen molar-refractivity contribution in [2.45, 2.75) is 19.8 Å². The lowest BCUT2D eigenvalue weighted by molar-refractivity contribution is 0.644. The molecule has 0 aromatic rings. The minimum atomic E-state index is -1.95. The third kappa shape index (κ3) is 8.96. The van der Waals surface area contributed by atoms with Crippen molar-refractivity contribution in [3.05, 3.63) is 0 Å². The Morgan fingerprint density at radius 3 is 2.56 bits per heavy atom. The van der Waals surface area contributed by atoms with Crippen molar-refractivity contribution in [3.63, 3.8) is 0 Å². The third-order valence-corrected chi connectivity index (χ3v) is 4.71. The summed E-state index contributed by atoms with van der Waals surface area (Å²) in [4.78, 5) is 9.13. The Hall–Kier alpha value is 0.960. The molecule has 1 unspecified atom stereocenters. The Balaban J connectivity index is 3.18. The fourth-order valence-electron chi connectivity index (χ4n) is 0.378. The number of rotatable bonds is 4. The average Bonchev–Trinajstić information content (AvgIpc) is 1.63. The van der Waals surface area contributed by atoms with Gasteiger partial charge in [0.05, 0.1) is 0 Å². The summed E-state index contributed by atoms with van der Waals surface area (Å²) in [6.07, 6.45) is 2.35. The van der Waals surface area contributed by atoms with E-state index in [9.17, 15) is 0 Å². The molecule has 0 amide bonds. The van der Waals surface area contributed by atoms with E-state index in [2.05, 4.69) is 6.92 Å². The summed E-state index contributed by atoms with van der Waals surface area (Å²) in [5.74, 6) is 1.01. The van der Waals surface area contributed by atoms with Crippen LogP contribution in [0.4, 0.5) is 0 Å². The first-order valence-electron chi connectivity index (χ1n) is 3.01. The van der Waals surface area contributed by atoms with Crippen LogP contribution in [0.2, 0.25) is 0 Å². The minimum Gasteiger partial charge on any atom is -0.357 e. The molecule has 56 valence electrons. The van der Waals surface area contributed by atoms with Crippen molar-refractivity contribution in [1.29, 1.82) is 0 Å². The molecule has 0 aromatic heterocycles. The SMILES string of the molecule is CCCCSP(C)(O)=S. The van der Waals surface area contributed by atoms with Gasteiger partial charge in [0.15, 0.2) is 0 Å². The zero-order valence-electron chi connectivity index (χ0n) is 5.83. The Labute approximate surface area is 66.1 Å².